The van der Waals surface area contributed by atoms with Gasteiger partial charge in [-0.05, 0) is 49.2 Å². The number of aliphatic hydroxyl groups is 1. The van der Waals surface area contributed by atoms with E-state index < -0.39 is 11.7 Å². The maximum atomic E-state index is 11.2. The molecular weight excluding hydrogens is 295 g/mol. The van der Waals surface area contributed by atoms with E-state index >= 15 is 0 Å². The molecule has 0 aromatic heterocycles. The lowest BCUT2D eigenvalue weighted by molar-refractivity contribution is 0.00394. The fourth-order valence-corrected chi connectivity index (χ4v) is 3.01. The Morgan fingerprint density at radius 1 is 1.20 bits per heavy atom. The Kier molecular flexibility index (Phi) is 3.20. The maximum Gasteiger partial charge on any atom is 0.155 e. The van der Waals surface area contributed by atoms with E-state index in [0.717, 1.165) is 5.56 Å². The van der Waals surface area contributed by atoms with Crippen molar-refractivity contribution in [1.29, 1.82) is 0 Å². The topological polar surface area (TPSA) is 29.5 Å². The zero-order chi connectivity index (χ0) is 14.5. The van der Waals surface area contributed by atoms with Gasteiger partial charge in [0.15, 0.2) is 5.60 Å². The highest BCUT2D eigenvalue weighted by Crippen LogP contribution is 2.47. The molecule has 0 bridgehead atoms. The second-order valence-corrected chi connectivity index (χ2v) is 5.98. The first kappa shape index (κ1) is 13.7. The molecular formula is C16H14Cl2O2. The van der Waals surface area contributed by atoms with Crippen LogP contribution in [-0.2, 0) is 5.60 Å². The van der Waals surface area contributed by atoms with Crippen LogP contribution in [0.15, 0.2) is 36.4 Å². The molecule has 0 aliphatic carbocycles. The average molecular weight is 309 g/mol. The Bertz CT molecular complexity index is 684. The summed E-state index contributed by atoms with van der Waals surface area (Å²) in [5.41, 5.74) is 1.07. The van der Waals surface area contributed by atoms with Gasteiger partial charge in [0.1, 0.15) is 11.9 Å². The number of fused-ring (bicyclic) bond motifs is 1. The Hall–Kier alpha value is -1.22. The highest BCUT2D eigenvalue weighted by Gasteiger charge is 2.47. The minimum Gasteiger partial charge on any atom is -0.487 e. The van der Waals surface area contributed by atoms with Gasteiger partial charge in [0.25, 0.3) is 0 Å². The third-order valence-corrected chi connectivity index (χ3v) is 4.47. The molecule has 0 fully saturated rings. The van der Waals surface area contributed by atoms with Crippen LogP contribution in [-0.4, -0.2) is 11.2 Å². The number of hydrogen-bond donors (Lipinski definition) is 1. The predicted molar refractivity (Wildman–Crippen MR) is 80.7 cm³/mol. The predicted octanol–water partition coefficient (Wildman–Crippen LogP) is 4.32. The van der Waals surface area contributed by atoms with E-state index in [1.54, 1.807) is 18.2 Å². The lowest BCUT2D eigenvalue weighted by Crippen LogP contribution is -2.36. The first-order valence-corrected chi connectivity index (χ1v) is 7.14. The molecule has 2 nitrogen and oxygen atoms in total. The number of rotatable bonds is 1. The van der Waals surface area contributed by atoms with Crippen LogP contribution in [0.3, 0.4) is 0 Å². The summed E-state index contributed by atoms with van der Waals surface area (Å²) in [6.07, 6.45) is -0.408. The minimum atomic E-state index is -1.24. The van der Waals surface area contributed by atoms with E-state index in [4.69, 9.17) is 27.9 Å². The second-order valence-electron chi connectivity index (χ2n) is 5.13. The van der Waals surface area contributed by atoms with Gasteiger partial charge in [-0.1, -0.05) is 35.3 Å². The molecule has 2 aromatic rings. The van der Waals surface area contributed by atoms with E-state index in [9.17, 15) is 5.11 Å². The van der Waals surface area contributed by atoms with Crippen molar-refractivity contribution in [2.24, 2.45) is 0 Å². The summed E-state index contributed by atoms with van der Waals surface area (Å²) in [7, 11) is 0. The van der Waals surface area contributed by atoms with Crippen molar-refractivity contribution < 1.29 is 9.84 Å². The summed E-state index contributed by atoms with van der Waals surface area (Å²) in [6, 6.07) is 10.8. The molecule has 104 valence electrons. The summed E-state index contributed by atoms with van der Waals surface area (Å²) in [6.45, 7) is 3.75. The zero-order valence-electron chi connectivity index (χ0n) is 11.2. The molecule has 1 aliphatic rings. The molecule has 20 heavy (non-hydrogen) atoms. The quantitative estimate of drug-likeness (QED) is 0.850. The van der Waals surface area contributed by atoms with Crippen LogP contribution in [0.4, 0.5) is 0 Å². The van der Waals surface area contributed by atoms with Gasteiger partial charge in [0.2, 0.25) is 0 Å². The Balaban J connectivity index is 2.23. The van der Waals surface area contributed by atoms with Gasteiger partial charge in [0.05, 0.1) is 0 Å². The van der Waals surface area contributed by atoms with Crippen LogP contribution >= 0.6 is 23.2 Å². The number of hydrogen-bond acceptors (Lipinski definition) is 2. The standard InChI is InChI=1S/C16H14Cl2O2/c1-9-6-15-13(8-14(9)18)16(19,10(2)20-15)11-4-3-5-12(17)7-11/h3-8,10,19H,1-2H3/t10-,16+/m0/s1. The second kappa shape index (κ2) is 4.66. The summed E-state index contributed by atoms with van der Waals surface area (Å²) in [5, 5.41) is 12.4. The molecule has 3 rings (SSSR count). The summed E-state index contributed by atoms with van der Waals surface area (Å²) >= 11 is 12.2. The average Bonchev–Trinajstić information content (AvgIpc) is 2.64. The van der Waals surface area contributed by atoms with Gasteiger partial charge < -0.3 is 9.84 Å². The minimum absolute atomic E-state index is 0.408. The van der Waals surface area contributed by atoms with E-state index in [0.29, 0.717) is 26.9 Å². The molecule has 0 saturated heterocycles. The lowest BCUT2D eigenvalue weighted by Gasteiger charge is -2.27. The van der Waals surface area contributed by atoms with Crippen molar-refractivity contribution in [3.63, 3.8) is 0 Å². The fourth-order valence-electron chi connectivity index (χ4n) is 2.66. The highest BCUT2D eigenvalue weighted by atomic mass is 35.5. The monoisotopic (exact) mass is 308 g/mol. The molecule has 4 heteroatoms. The van der Waals surface area contributed by atoms with Crippen LogP contribution in [0.1, 0.15) is 23.6 Å². The number of halogens is 2. The number of aryl methyl sites for hydroxylation is 1. The first-order valence-electron chi connectivity index (χ1n) is 6.38. The number of ether oxygens (including phenoxy) is 1. The molecule has 2 aromatic carbocycles. The Morgan fingerprint density at radius 2 is 1.95 bits per heavy atom. The van der Waals surface area contributed by atoms with E-state index in [2.05, 4.69) is 0 Å². The summed E-state index contributed by atoms with van der Waals surface area (Å²) < 4.78 is 5.80. The van der Waals surface area contributed by atoms with Gasteiger partial charge >= 0.3 is 0 Å². The van der Waals surface area contributed by atoms with Crippen molar-refractivity contribution in [3.8, 4) is 5.75 Å². The van der Waals surface area contributed by atoms with Crippen LogP contribution in [0.5, 0.6) is 5.75 Å². The largest absolute Gasteiger partial charge is 0.487 e. The van der Waals surface area contributed by atoms with Gasteiger partial charge in [-0.25, -0.2) is 0 Å². The van der Waals surface area contributed by atoms with Gasteiger partial charge in [-0.2, -0.15) is 0 Å². The smallest absolute Gasteiger partial charge is 0.155 e. The first-order chi connectivity index (χ1) is 9.42. The normalized spacial score (nSPS) is 24.4. The summed E-state index contributed by atoms with van der Waals surface area (Å²) in [5.74, 6) is 0.668. The van der Waals surface area contributed by atoms with Crippen LogP contribution in [0.2, 0.25) is 10.0 Å². The third kappa shape index (κ3) is 1.91. The van der Waals surface area contributed by atoms with Crippen molar-refractivity contribution in [3.05, 3.63) is 63.1 Å². The summed E-state index contributed by atoms with van der Waals surface area (Å²) in [4.78, 5) is 0. The molecule has 0 saturated carbocycles. The van der Waals surface area contributed by atoms with E-state index in [-0.39, 0.29) is 0 Å². The van der Waals surface area contributed by atoms with Crippen LogP contribution in [0, 0.1) is 6.92 Å². The fraction of sp³-hybridized carbons (Fsp3) is 0.250. The van der Waals surface area contributed by atoms with Gasteiger partial charge in [-0.3, -0.25) is 0 Å². The van der Waals surface area contributed by atoms with Crippen molar-refractivity contribution in [1.82, 2.24) is 0 Å². The third-order valence-electron chi connectivity index (χ3n) is 3.83. The molecule has 0 radical (unpaired) electrons. The molecule has 1 N–H and O–H groups in total. The Morgan fingerprint density at radius 3 is 2.65 bits per heavy atom. The zero-order valence-corrected chi connectivity index (χ0v) is 12.7. The van der Waals surface area contributed by atoms with E-state index in [1.807, 2.05) is 32.0 Å². The van der Waals surface area contributed by atoms with Crippen LogP contribution < -0.4 is 4.74 Å². The van der Waals surface area contributed by atoms with E-state index in [1.165, 1.54) is 0 Å². The number of benzene rings is 2. The molecule has 0 amide bonds. The van der Waals surface area contributed by atoms with Gasteiger partial charge in [-0.15, -0.1) is 0 Å². The molecule has 1 aliphatic heterocycles. The van der Waals surface area contributed by atoms with Crippen molar-refractivity contribution in [2.45, 2.75) is 25.6 Å². The maximum absolute atomic E-state index is 11.2. The molecule has 1 heterocycles. The van der Waals surface area contributed by atoms with Crippen LogP contribution in [0.25, 0.3) is 0 Å². The van der Waals surface area contributed by atoms with Crippen molar-refractivity contribution in [2.75, 3.05) is 0 Å². The molecule has 0 unspecified atom stereocenters. The molecule has 0 spiro atoms. The molecule has 2 atom stereocenters. The Labute approximate surface area is 127 Å². The van der Waals surface area contributed by atoms with Gasteiger partial charge in [0, 0.05) is 15.6 Å². The SMILES string of the molecule is Cc1cc2c(cc1Cl)[C@](O)(c1cccc(Cl)c1)[C@H](C)O2. The highest BCUT2D eigenvalue weighted by molar-refractivity contribution is 6.31. The van der Waals surface area contributed by atoms with Crippen molar-refractivity contribution >= 4 is 23.2 Å². The lowest BCUT2D eigenvalue weighted by atomic mass is 9.83.